The Morgan fingerprint density at radius 2 is 1.93 bits per heavy atom. The maximum absolute atomic E-state index is 14.0. The average molecular weight is 369 g/mol. The molecule has 1 aromatic carbocycles. The number of aryl methyl sites for hydroxylation is 1. The number of piperidine rings is 1. The molecular formula is C20H21F2N5. The van der Waals surface area contributed by atoms with Crippen molar-refractivity contribution < 1.29 is 8.78 Å². The van der Waals surface area contributed by atoms with Crippen LogP contribution in [0.3, 0.4) is 0 Å². The summed E-state index contributed by atoms with van der Waals surface area (Å²) in [5.41, 5.74) is 1.94. The third-order valence-electron chi connectivity index (χ3n) is 5.01. The van der Waals surface area contributed by atoms with Gasteiger partial charge in [-0.15, -0.1) is 0 Å². The Bertz CT molecular complexity index is 954. The van der Waals surface area contributed by atoms with Crippen LogP contribution in [0.15, 0.2) is 36.8 Å². The molecule has 5 nitrogen and oxygen atoms in total. The van der Waals surface area contributed by atoms with Crippen molar-refractivity contribution in [3.63, 3.8) is 0 Å². The lowest BCUT2D eigenvalue weighted by Crippen LogP contribution is -2.39. The van der Waals surface area contributed by atoms with Gasteiger partial charge in [-0.1, -0.05) is 6.92 Å². The number of hydrogen-bond donors (Lipinski definition) is 1. The van der Waals surface area contributed by atoms with Crippen LogP contribution in [0.2, 0.25) is 0 Å². The van der Waals surface area contributed by atoms with Crippen molar-refractivity contribution in [1.82, 2.24) is 15.0 Å². The van der Waals surface area contributed by atoms with E-state index >= 15 is 0 Å². The van der Waals surface area contributed by atoms with E-state index in [1.54, 1.807) is 18.6 Å². The lowest BCUT2D eigenvalue weighted by molar-refractivity contribution is 0.523. The zero-order chi connectivity index (χ0) is 18.8. The van der Waals surface area contributed by atoms with Gasteiger partial charge in [0, 0.05) is 54.2 Å². The molecule has 3 heterocycles. The van der Waals surface area contributed by atoms with E-state index in [0.29, 0.717) is 11.1 Å². The Hall–Kier alpha value is -2.83. The minimum Gasteiger partial charge on any atom is -0.382 e. The largest absolute Gasteiger partial charge is 0.382 e. The van der Waals surface area contributed by atoms with Crippen molar-refractivity contribution in [2.45, 2.75) is 32.2 Å². The van der Waals surface area contributed by atoms with Gasteiger partial charge in [0.05, 0.1) is 0 Å². The van der Waals surface area contributed by atoms with Crippen LogP contribution in [-0.2, 0) is 6.42 Å². The molecule has 3 aromatic rings. The SMILES string of the molecule is CCc1cc(N2CCC(Nc3ccnc4c(F)cc(F)cc34)CC2)ncn1. The van der Waals surface area contributed by atoms with Gasteiger partial charge in [-0.2, -0.15) is 0 Å². The molecule has 1 fully saturated rings. The Morgan fingerprint density at radius 3 is 2.70 bits per heavy atom. The van der Waals surface area contributed by atoms with Gasteiger partial charge in [0.1, 0.15) is 23.5 Å². The van der Waals surface area contributed by atoms with Crippen LogP contribution in [0.1, 0.15) is 25.5 Å². The Labute approximate surface area is 156 Å². The van der Waals surface area contributed by atoms with E-state index in [4.69, 9.17) is 0 Å². The Kier molecular flexibility index (Phi) is 4.83. The average Bonchev–Trinajstić information content (AvgIpc) is 2.69. The van der Waals surface area contributed by atoms with Crippen molar-refractivity contribution in [3.8, 4) is 0 Å². The number of fused-ring (bicyclic) bond motifs is 1. The normalized spacial score (nSPS) is 15.3. The zero-order valence-electron chi connectivity index (χ0n) is 15.1. The third-order valence-corrected chi connectivity index (χ3v) is 5.01. The van der Waals surface area contributed by atoms with Gasteiger partial charge < -0.3 is 10.2 Å². The summed E-state index contributed by atoms with van der Waals surface area (Å²) in [6.07, 6.45) is 5.87. The van der Waals surface area contributed by atoms with E-state index in [1.165, 1.54) is 6.07 Å². The van der Waals surface area contributed by atoms with Gasteiger partial charge in [0.15, 0.2) is 5.82 Å². The first kappa shape index (κ1) is 17.6. The zero-order valence-corrected chi connectivity index (χ0v) is 15.1. The lowest BCUT2D eigenvalue weighted by atomic mass is 10.0. The van der Waals surface area contributed by atoms with Crippen LogP contribution in [0.4, 0.5) is 20.3 Å². The summed E-state index contributed by atoms with van der Waals surface area (Å²) in [6.45, 7) is 3.81. The summed E-state index contributed by atoms with van der Waals surface area (Å²) in [7, 11) is 0. The predicted molar refractivity (Wildman–Crippen MR) is 102 cm³/mol. The predicted octanol–water partition coefficient (Wildman–Crippen LogP) is 3.95. The molecule has 1 saturated heterocycles. The minimum atomic E-state index is -0.640. The highest BCUT2D eigenvalue weighted by molar-refractivity contribution is 5.91. The Balaban J connectivity index is 1.47. The van der Waals surface area contributed by atoms with Crippen molar-refractivity contribution in [1.29, 1.82) is 0 Å². The van der Waals surface area contributed by atoms with Gasteiger partial charge in [-0.05, 0) is 31.4 Å². The summed E-state index contributed by atoms with van der Waals surface area (Å²) in [4.78, 5) is 14.9. The molecule has 7 heteroatoms. The van der Waals surface area contributed by atoms with Gasteiger partial charge in [0.25, 0.3) is 0 Å². The van der Waals surface area contributed by atoms with Crippen LogP contribution in [0, 0.1) is 11.6 Å². The number of aromatic nitrogens is 3. The van der Waals surface area contributed by atoms with Crippen molar-refractivity contribution in [2.24, 2.45) is 0 Å². The number of nitrogens with zero attached hydrogens (tertiary/aromatic N) is 4. The lowest BCUT2D eigenvalue weighted by Gasteiger charge is -2.33. The molecule has 0 bridgehead atoms. The maximum atomic E-state index is 14.0. The number of hydrogen-bond acceptors (Lipinski definition) is 5. The molecule has 140 valence electrons. The van der Waals surface area contributed by atoms with Crippen LogP contribution in [0.25, 0.3) is 10.9 Å². The van der Waals surface area contributed by atoms with E-state index in [2.05, 4.69) is 32.1 Å². The topological polar surface area (TPSA) is 53.9 Å². The van der Waals surface area contributed by atoms with Gasteiger partial charge in [0.2, 0.25) is 0 Å². The molecule has 0 aliphatic carbocycles. The maximum Gasteiger partial charge on any atom is 0.152 e. The molecule has 0 radical (unpaired) electrons. The van der Waals surface area contributed by atoms with Crippen molar-refractivity contribution in [3.05, 3.63) is 54.1 Å². The number of nitrogens with one attached hydrogen (secondary N) is 1. The fourth-order valence-electron chi connectivity index (χ4n) is 3.53. The quantitative estimate of drug-likeness (QED) is 0.755. The molecule has 1 aliphatic heterocycles. The molecular weight excluding hydrogens is 348 g/mol. The second-order valence-electron chi connectivity index (χ2n) is 6.77. The van der Waals surface area contributed by atoms with Gasteiger partial charge in [-0.3, -0.25) is 4.98 Å². The van der Waals surface area contributed by atoms with Crippen LogP contribution in [-0.4, -0.2) is 34.1 Å². The fourth-order valence-corrected chi connectivity index (χ4v) is 3.53. The van der Waals surface area contributed by atoms with E-state index < -0.39 is 11.6 Å². The fraction of sp³-hybridized carbons (Fsp3) is 0.350. The summed E-state index contributed by atoms with van der Waals surface area (Å²) < 4.78 is 27.6. The second kappa shape index (κ2) is 7.42. The summed E-state index contributed by atoms with van der Waals surface area (Å²) in [5, 5.41) is 3.91. The number of rotatable bonds is 4. The van der Waals surface area contributed by atoms with Gasteiger partial charge >= 0.3 is 0 Å². The molecule has 2 aromatic heterocycles. The number of anilines is 2. The standard InChI is InChI=1S/C20H21F2N5/c1-2-14-11-19(25-12-24-14)27-7-4-15(5-8-27)26-18-3-6-23-20-16(18)9-13(21)10-17(20)22/h3,6,9-12,15H,2,4-5,7-8H2,1H3,(H,23,26). The summed E-state index contributed by atoms with van der Waals surface area (Å²) in [6, 6.07) is 6.23. The van der Waals surface area contributed by atoms with Crippen LogP contribution in [0.5, 0.6) is 0 Å². The van der Waals surface area contributed by atoms with Crippen molar-refractivity contribution in [2.75, 3.05) is 23.3 Å². The molecule has 0 spiro atoms. The monoisotopic (exact) mass is 369 g/mol. The molecule has 1 aliphatic rings. The number of pyridine rings is 1. The summed E-state index contributed by atoms with van der Waals surface area (Å²) >= 11 is 0. The molecule has 0 amide bonds. The van der Waals surface area contributed by atoms with E-state index in [1.807, 2.05) is 6.07 Å². The molecule has 1 N–H and O–H groups in total. The molecule has 27 heavy (non-hydrogen) atoms. The van der Waals surface area contributed by atoms with Crippen molar-refractivity contribution >= 4 is 22.4 Å². The van der Waals surface area contributed by atoms with Crippen LogP contribution >= 0.6 is 0 Å². The third kappa shape index (κ3) is 3.67. The highest BCUT2D eigenvalue weighted by Gasteiger charge is 2.21. The van der Waals surface area contributed by atoms with Crippen LogP contribution < -0.4 is 10.2 Å². The first-order valence-corrected chi connectivity index (χ1v) is 9.20. The van der Waals surface area contributed by atoms with Gasteiger partial charge in [-0.25, -0.2) is 18.7 Å². The van der Waals surface area contributed by atoms with E-state index in [-0.39, 0.29) is 11.6 Å². The molecule has 0 atom stereocenters. The second-order valence-corrected chi connectivity index (χ2v) is 6.77. The Morgan fingerprint density at radius 1 is 1.11 bits per heavy atom. The first-order chi connectivity index (χ1) is 13.1. The molecule has 0 unspecified atom stereocenters. The minimum absolute atomic E-state index is 0.187. The number of halogens is 2. The highest BCUT2D eigenvalue weighted by Crippen LogP contribution is 2.27. The summed E-state index contributed by atoms with van der Waals surface area (Å²) in [5.74, 6) is -0.279. The van der Waals surface area contributed by atoms with E-state index in [9.17, 15) is 8.78 Å². The number of benzene rings is 1. The van der Waals surface area contributed by atoms with E-state index in [0.717, 1.165) is 49.9 Å². The first-order valence-electron chi connectivity index (χ1n) is 9.20. The smallest absolute Gasteiger partial charge is 0.152 e. The molecule has 0 saturated carbocycles. The molecule has 4 rings (SSSR count). The highest BCUT2D eigenvalue weighted by atomic mass is 19.1.